The minimum atomic E-state index is 0.317. The van der Waals surface area contributed by atoms with Crippen molar-refractivity contribution in [2.75, 3.05) is 33.2 Å². The lowest BCUT2D eigenvalue weighted by molar-refractivity contribution is 0.0315. The number of rotatable bonds is 5. The number of piperazine rings is 1. The summed E-state index contributed by atoms with van der Waals surface area (Å²) in [6.45, 7) is 8.09. The molecular weight excluding hydrogens is 320 g/mol. The summed E-state index contributed by atoms with van der Waals surface area (Å²) in [5.74, 6) is 1.14. The van der Waals surface area contributed by atoms with E-state index in [0.717, 1.165) is 18.8 Å². The van der Waals surface area contributed by atoms with Gasteiger partial charge in [0.1, 0.15) is 5.82 Å². The topological polar surface area (TPSA) is 24.3 Å². The van der Waals surface area contributed by atoms with Crippen LogP contribution < -0.4 is 0 Å². The van der Waals surface area contributed by atoms with Crippen LogP contribution >= 0.6 is 0 Å². The Morgan fingerprint density at radius 2 is 1.77 bits per heavy atom. The lowest BCUT2D eigenvalue weighted by atomic mass is 9.93. The number of nitrogens with zero attached hydrogens (tertiary/aromatic N) is 4. The van der Waals surface area contributed by atoms with Gasteiger partial charge in [0.2, 0.25) is 0 Å². The Kier molecular flexibility index (Phi) is 5.14. The normalized spacial score (nSPS) is 21.3. The van der Waals surface area contributed by atoms with Gasteiger partial charge < -0.3 is 9.47 Å². The standard InChI is InChI=1S/C22H32N4/c1-3-19-8-4-5-9-20(19)21-23-12-13-25(21)18-22(10-6-7-11-22)26-16-14-24(2)15-17-26/h4-5,8-9,12-13H,3,6-7,10-11,14-18H2,1-2H3. The number of imidazole rings is 1. The van der Waals surface area contributed by atoms with Crippen molar-refractivity contribution in [3.63, 3.8) is 0 Å². The summed E-state index contributed by atoms with van der Waals surface area (Å²) in [6.07, 6.45) is 10.6. The quantitative estimate of drug-likeness (QED) is 0.820. The van der Waals surface area contributed by atoms with Crippen LogP contribution in [0, 0.1) is 0 Å². The molecule has 1 aliphatic carbocycles. The maximum Gasteiger partial charge on any atom is 0.140 e. The van der Waals surface area contributed by atoms with Crippen molar-refractivity contribution >= 4 is 0 Å². The molecule has 0 spiro atoms. The fraction of sp³-hybridized carbons (Fsp3) is 0.591. The molecule has 26 heavy (non-hydrogen) atoms. The highest BCUT2D eigenvalue weighted by molar-refractivity contribution is 5.60. The van der Waals surface area contributed by atoms with Gasteiger partial charge in [-0.25, -0.2) is 4.98 Å². The third kappa shape index (κ3) is 3.33. The highest BCUT2D eigenvalue weighted by Gasteiger charge is 2.41. The molecule has 4 heteroatoms. The molecule has 1 saturated carbocycles. The Morgan fingerprint density at radius 1 is 1.04 bits per heavy atom. The minimum absolute atomic E-state index is 0.317. The first-order valence-corrected chi connectivity index (χ1v) is 10.2. The molecule has 1 aliphatic heterocycles. The summed E-state index contributed by atoms with van der Waals surface area (Å²) >= 11 is 0. The zero-order chi connectivity index (χ0) is 18.0. The molecular formula is C22H32N4. The second-order valence-electron chi connectivity index (χ2n) is 8.11. The van der Waals surface area contributed by atoms with Gasteiger partial charge in [-0.3, -0.25) is 4.90 Å². The van der Waals surface area contributed by atoms with E-state index in [4.69, 9.17) is 4.98 Å². The van der Waals surface area contributed by atoms with Crippen molar-refractivity contribution in [1.29, 1.82) is 0 Å². The first kappa shape index (κ1) is 17.7. The van der Waals surface area contributed by atoms with E-state index in [0.29, 0.717) is 5.54 Å². The van der Waals surface area contributed by atoms with Crippen molar-refractivity contribution in [1.82, 2.24) is 19.4 Å². The summed E-state index contributed by atoms with van der Waals surface area (Å²) in [6, 6.07) is 8.74. The van der Waals surface area contributed by atoms with Crippen LogP contribution in [0.25, 0.3) is 11.4 Å². The highest BCUT2D eigenvalue weighted by Crippen LogP contribution is 2.38. The zero-order valence-electron chi connectivity index (χ0n) is 16.3. The van der Waals surface area contributed by atoms with Gasteiger partial charge in [-0.1, -0.05) is 44.0 Å². The molecule has 0 unspecified atom stereocenters. The first-order valence-electron chi connectivity index (χ1n) is 10.2. The van der Waals surface area contributed by atoms with Crippen LogP contribution in [0.1, 0.15) is 38.2 Å². The number of aromatic nitrogens is 2. The Balaban J connectivity index is 1.63. The van der Waals surface area contributed by atoms with Crippen molar-refractivity contribution in [3.8, 4) is 11.4 Å². The molecule has 0 bridgehead atoms. The molecule has 1 saturated heterocycles. The Hall–Kier alpha value is -1.65. The fourth-order valence-electron chi connectivity index (χ4n) is 4.93. The van der Waals surface area contributed by atoms with Crippen LogP contribution in [0.15, 0.2) is 36.7 Å². The fourth-order valence-corrected chi connectivity index (χ4v) is 4.93. The summed E-state index contributed by atoms with van der Waals surface area (Å²) in [7, 11) is 2.24. The number of benzene rings is 1. The van der Waals surface area contributed by atoms with Gasteiger partial charge in [0.15, 0.2) is 0 Å². The Bertz CT molecular complexity index is 721. The Morgan fingerprint density at radius 3 is 2.50 bits per heavy atom. The van der Waals surface area contributed by atoms with E-state index in [2.05, 4.69) is 58.8 Å². The van der Waals surface area contributed by atoms with Gasteiger partial charge in [-0.05, 0) is 31.9 Å². The van der Waals surface area contributed by atoms with Crippen LogP contribution in [0.3, 0.4) is 0 Å². The van der Waals surface area contributed by atoms with Crippen LogP contribution in [0.4, 0.5) is 0 Å². The van der Waals surface area contributed by atoms with Crippen molar-refractivity contribution < 1.29 is 0 Å². The predicted molar refractivity (Wildman–Crippen MR) is 107 cm³/mol. The smallest absolute Gasteiger partial charge is 0.140 e. The molecule has 0 N–H and O–H groups in total. The third-order valence-corrected chi connectivity index (χ3v) is 6.53. The average Bonchev–Trinajstić information content (AvgIpc) is 3.33. The van der Waals surface area contributed by atoms with Gasteiger partial charge in [0, 0.05) is 56.2 Å². The number of aryl methyl sites for hydroxylation is 1. The second-order valence-corrected chi connectivity index (χ2v) is 8.11. The predicted octanol–water partition coefficient (Wildman–Crippen LogP) is 3.67. The number of likely N-dealkylation sites (N-methyl/N-ethyl adjacent to an activating group) is 1. The summed E-state index contributed by atoms with van der Waals surface area (Å²) in [5.41, 5.74) is 3.00. The molecule has 2 aromatic rings. The largest absolute Gasteiger partial charge is 0.329 e. The van der Waals surface area contributed by atoms with Gasteiger partial charge in [0.25, 0.3) is 0 Å². The highest BCUT2D eigenvalue weighted by atomic mass is 15.3. The Labute approximate surface area is 157 Å². The van der Waals surface area contributed by atoms with Gasteiger partial charge in [-0.2, -0.15) is 0 Å². The maximum atomic E-state index is 4.76. The molecule has 4 rings (SSSR count). The summed E-state index contributed by atoms with van der Waals surface area (Å²) in [5, 5.41) is 0. The van der Waals surface area contributed by atoms with Gasteiger partial charge >= 0.3 is 0 Å². The SMILES string of the molecule is CCc1ccccc1-c1nccn1CC1(N2CCN(C)CC2)CCCC1. The molecule has 1 aromatic carbocycles. The molecule has 2 heterocycles. The number of hydrogen-bond acceptors (Lipinski definition) is 3. The molecule has 140 valence electrons. The van der Waals surface area contributed by atoms with E-state index >= 15 is 0 Å². The molecule has 1 aromatic heterocycles. The van der Waals surface area contributed by atoms with Crippen molar-refractivity contribution in [2.45, 2.75) is 51.1 Å². The summed E-state index contributed by atoms with van der Waals surface area (Å²) in [4.78, 5) is 10.0. The summed E-state index contributed by atoms with van der Waals surface area (Å²) < 4.78 is 2.43. The van der Waals surface area contributed by atoms with E-state index < -0.39 is 0 Å². The monoisotopic (exact) mass is 352 g/mol. The van der Waals surface area contributed by atoms with Crippen molar-refractivity contribution in [3.05, 3.63) is 42.2 Å². The minimum Gasteiger partial charge on any atom is -0.329 e. The van der Waals surface area contributed by atoms with Crippen LogP contribution in [0.5, 0.6) is 0 Å². The van der Waals surface area contributed by atoms with Crippen LogP contribution in [-0.4, -0.2) is 58.1 Å². The zero-order valence-corrected chi connectivity index (χ0v) is 16.3. The van der Waals surface area contributed by atoms with Gasteiger partial charge in [0.05, 0.1) is 0 Å². The van der Waals surface area contributed by atoms with E-state index in [-0.39, 0.29) is 0 Å². The average molecular weight is 353 g/mol. The van der Waals surface area contributed by atoms with E-state index in [1.165, 1.54) is 63.0 Å². The molecule has 2 fully saturated rings. The van der Waals surface area contributed by atoms with Crippen LogP contribution in [0.2, 0.25) is 0 Å². The van der Waals surface area contributed by atoms with Gasteiger partial charge in [-0.15, -0.1) is 0 Å². The molecule has 2 aliphatic rings. The molecule has 0 atom stereocenters. The van der Waals surface area contributed by atoms with E-state index in [9.17, 15) is 0 Å². The first-order chi connectivity index (χ1) is 12.7. The van der Waals surface area contributed by atoms with E-state index in [1.807, 2.05) is 6.20 Å². The van der Waals surface area contributed by atoms with E-state index in [1.54, 1.807) is 0 Å². The molecule has 0 amide bonds. The number of hydrogen-bond donors (Lipinski definition) is 0. The lowest BCUT2D eigenvalue weighted by Gasteiger charge is -2.46. The van der Waals surface area contributed by atoms with Crippen molar-refractivity contribution in [2.24, 2.45) is 0 Å². The third-order valence-electron chi connectivity index (χ3n) is 6.53. The lowest BCUT2D eigenvalue weighted by Crippen LogP contribution is -2.57. The maximum absolute atomic E-state index is 4.76. The second kappa shape index (κ2) is 7.53. The molecule has 0 radical (unpaired) electrons. The molecule has 4 nitrogen and oxygen atoms in total. The van der Waals surface area contributed by atoms with Crippen LogP contribution in [-0.2, 0) is 13.0 Å².